The van der Waals surface area contributed by atoms with Gasteiger partial charge in [0.2, 0.25) is 0 Å². The average molecular weight is 342 g/mol. The summed E-state index contributed by atoms with van der Waals surface area (Å²) < 4.78 is 11.0. The fourth-order valence-corrected chi connectivity index (χ4v) is 2.58. The number of carbonyl (C=O) groups excluding carboxylic acids is 1. The maximum atomic E-state index is 11.4. The highest BCUT2D eigenvalue weighted by Gasteiger charge is 2.09. The van der Waals surface area contributed by atoms with Gasteiger partial charge >= 0.3 is 5.97 Å². The number of aromatic nitrogens is 1. The molecule has 2 rings (SSSR count). The Bertz CT molecular complexity index is 597. The van der Waals surface area contributed by atoms with Gasteiger partial charge in [0.15, 0.2) is 0 Å². The predicted octanol–water partition coefficient (Wildman–Crippen LogP) is 3.58. The standard InChI is InChI=1S/C13H12BrNO3S/c1-8-15-10(7-19-8)6-18-12-4-3-9(5-11(12)14)13(16)17-2/h3-5,7H,6H2,1-2H3. The number of carbonyl (C=O) groups is 1. The number of nitrogens with zero attached hydrogens (tertiary/aromatic N) is 1. The highest BCUT2D eigenvalue weighted by atomic mass is 79.9. The monoisotopic (exact) mass is 341 g/mol. The van der Waals surface area contributed by atoms with Crippen LogP contribution in [-0.4, -0.2) is 18.1 Å². The van der Waals surface area contributed by atoms with Gasteiger partial charge in [0.25, 0.3) is 0 Å². The van der Waals surface area contributed by atoms with E-state index in [1.54, 1.807) is 29.5 Å². The summed E-state index contributed by atoms with van der Waals surface area (Å²) in [4.78, 5) is 15.7. The SMILES string of the molecule is COC(=O)c1ccc(OCc2csc(C)n2)c(Br)c1. The third-order valence-electron chi connectivity index (χ3n) is 2.40. The van der Waals surface area contributed by atoms with Crippen LogP contribution >= 0.6 is 27.3 Å². The van der Waals surface area contributed by atoms with Gasteiger partial charge in [-0.05, 0) is 41.1 Å². The summed E-state index contributed by atoms with van der Waals surface area (Å²) in [7, 11) is 1.35. The lowest BCUT2D eigenvalue weighted by atomic mass is 10.2. The van der Waals surface area contributed by atoms with E-state index in [1.165, 1.54) is 7.11 Å². The molecule has 4 nitrogen and oxygen atoms in total. The summed E-state index contributed by atoms with van der Waals surface area (Å²) in [5, 5.41) is 2.98. The van der Waals surface area contributed by atoms with Gasteiger partial charge in [-0.25, -0.2) is 9.78 Å². The zero-order chi connectivity index (χ0) is 13.8. The van der Waals surface area contributed by atoms with Gasteiger partial charge in [0, 0.05) is 5.38 Å². The summed E-state index contributed by atoms with van der Waals surface area (Å²) >= 11 is 4.96. The molecule has 6 heteroatoms. The molecule has 0 bridgehead atoms. The molecule has 0 aliphatic carbocycles. The molecule has 1 heterocycles. The van der Waals surface area contributed by atoms with E-state index in [1.807, 2.05) is 12.3 Å². The van der Waals surface area contributed by atoms with Gasteiger partial charge in [-0.2, -0.15) is 0 Å². The van der Waals surface area contributed by atoms with Gasteiger partial charge in [-0.3, -0.25) is 0 Å². The topological polar surface area (TPSA) is 48.4 Å². The molecule has 0 saturated heterocycles. The van der Waals surface area contributed by atoms with E-state index in [0.29, 0.717) is 22.4 Å². The van der Waals surface area contributed by atoms with Gasteiger partial charge in [0.05, 0.1) is 27.8 Å². The maximum absolute atomic E-state index is 11.4. The number of rotatable bonds is 4. The van der Waals surface area contributed by atoms with Gasteiger partial charge in [-0.1, -0.05) is 0 Å². The number of hydrogen-bond acceptors (Lipinski definition) is 5. The molecule has 0 saturated carbocycles. The Morgan fingerprint density at radius 1 is 1.47 bits per heavy atom. The van der Waals surface area contributed by atoms with E-state index in [9.17, 15) is 4.79 Å². The molecule has 0 atom stereocenters. The summed E-state index contributed by atoms with van der Waals surface area (Å²) in [6.45, 7) is 2.36. The fraction of sp³-hybridized carbons (Fsp3) is 0.231. The van der Waals surface area contributed by atoms with E-state index in [2.05, 4.69) is 25.7 Å². The molecule has 0 fully saturated rings. The molecule has 19 heavy (non-hydrogen) atoms. The minimum Gasteiger partial charge on any atom is -0.486 e. The fourth-order valence-electron chi connectivity index (χ4n) is 1.49. The molecule has 0 spiro atoms. The molecular weight excluding hydrogens is 330 g/mol. The molecule has 0 radical (unpaired) electrons. The molecule has 0 aliphatic rings. The number of halogens is 1. The average Bonchev–Trinajstić information content (AvgIpc) is 2.82. The Labute approximate surface area is 123 Å². The lowest BCUT2D eigenvalue weighted by molar-refractivity contribution is 0.0600. The Morgan fingerprint density at radius 2 is 2.26 bits per heavy atom. The van der Waals surface area contributed by atoms with Crippen LogP contribution in [0.5, 0.6) is 5.75 Å². The van der Waals surface area contributed by atoms with Crippen molar-refractivity contribution in [3.8, 4) is 5.75 Å². The molecule has 0 N–H and O–H groups in total. The molecular formula is C13H12BrNO3S. The summed E-state index contributed by atoms with van der Waals surface area (Å²) in [6.07, 6.45) is 0. The maximum Gasteiger partial charge on any atom is 0.337 e. The minimum absolute atomic E-state index is 0.373. The van der Waals surface area contributed by atoms with Gasteiger partial charge in [0.1, 0.15) is 12.4 Å². The number of benzene rings is 1. The number of thiazole rings is 1. The van der Waals surface area contributed by atoms with Gasteiger partial charge in [-0.15, -0.1) is 11.3 Å². The van der Waals surface area contributed by atoms with Crippen LogP contribution in [0, 0.1) is 6.92 Å². The van der Waals surface area contributed by atoms with Crippen molar-refractivity contribution in [2.75, 3.05) is 7.11 Å². The Hall–Kier alpha value is -1.40. The molecule has 0 amide bonds. The zero-order valence-corrected chi connectivity index (χ0v) is 12.9. The second-order valence-corrected chi connectivity index (χ2v) is 5.70. The Balaban J connectivity index is 2.07. The van der Waals surface area contributed by atoms with Crippen molar-refractivity contribution in [1.82, 2.24) is 4.98 Å². The summed E-state index contributed by atoms with van der Waals surface area (Å²) in [5.41, 5.74) is 1.37. The first-order valence-corrected chi connectivity index (χ1v) is 7.19. The van der Waals surface area contributed by atoms with Crippen LogP contribution in [0.15, 0.2) is 28.1 Å². The smallest absolute Gasteiger partial charge is 0.337 e. The first-order valence-electron chi connectivity index (χ1n) is 5.52. The Morgan fingerprint density at radius 3 is 2.84 bits per heavy atom. The third kappa shape index (κ3) is 3.54. The largest absolute Gasteiger partial charge is 0.486 e. The molecule has 0 aliphatic heterocycles. The van der Waals surface area contributed by atoms with Crippen molar-refractivity contribution >= 4 is 33.2 Å². The first-order chi connectivity index (χ1) is 9.10. The van der Waals surface area contributed by atoms with Crippen molar-refractivity contribution in [3.05, 3.63) is 44.3 Å². The van der Waals surface area contributed by atoms with E-state index in [-0.39, 0.29) is 5.97 Å². The summed E-state index contributed by atoms with van der Waals surface area (Å²) in [5.74, 6) is 0.292. The Kier molecular flexibility index (Phi) is 4.55. The van der Waals surface area contributed by atoms with Crippen molar-refractivity contribution in [3.63, 3.8) is 0 Å². The number of methoxy groups -OCH3 is 1. The first kappa shape index (κ1) is 14.0. The number of esters is 1. The second kappa shape index (κ2) is 6.16. The molecule has 100 valence electrons. The third-order valence-corrected chi connectivity index (χ3v) is 3.84. The molecule has 1 aromatic heterocycles. The quantitative estimate of drug-likeness (QED) is 0.797. The van der Waals surface area contributed by atoms with E-state index in [0.717, 1.165) is 10.7 Å². The van der Waals surface area contributed by atoms with Crippen molar-refractivity contribution < 1.29 is 14.3 Å². The van der Waals surface area contributed by atoms with Crippen LogP contribution in [0.2, 0.25) is 0 Å². The van der Waals surface area contributed by atoms with Crippen LogP contribution < -0.4 is 4.74 Å². The van der Waals surface area contributed by atoms with Crippen molar-refractivity contribution in [1.29, 1.82) is 0 Å². The number of ether oxygens (including phenoxy) is 2. The van der Waals surface area contributed by atoms with Crippen molar-refractivity contribution in [2.24, 2.45) is 0 Å². The van der Waals surface area contributed by atoms with Crippen LogP contribution in [0.4, 0.5) is 0 Å². The van der Waals surface area contributed by atoms with Crippen LogP contribution in [0.3, 0.4) is 0 Å². The molecule has 1 aromatic carbocycles. The second-order valence-electron chi connectivity index (χ2n) is 3.78. The van der Waals surface area contributed by atoms with Gasteiger partial charge < -0.3 is 9.47 Å². The lowest BCUT2D eigenvalue weighted by Crippen LogP contribution is -2.02. The normalized spacial score (nSPS) is 10.3. The highest BCUT2D eigenvalue weighted by Crippen LogP contribution is 2.27. The van der Waals surface area contributed by atoms with E-state index in [4.69, 9.17) is 4.74 Å². The van der Waals surface area contributed by atoms with Crippen LogP contribution in [-0.2, 0) is 11.3 Å². The van der Waals surface area contributed by atoms with Crippen LogP contribution in [0.25, 0.3) is 0 Å². The minimum atomic E-state index is -0.373. The van der Waals surface area contributed by atoms with E-state index >= 15 is 0 Å². The van der Waals surface area contributed by atoms with Crippen LogP contribution in [0.1, 0.15) is 21.1 Å². The number of hydrogen-bond donors (Lipinski definition) is 0. The van der Waals surface area contributed by atoms with E-state index < -0.39 is 0 Å². The molecule has 0 unspecified atom stereocenters. The van der Waals surface area contributed by atoms with Crippen molar-refractivity contribution in [2.45, 2.75) is 13.5 Å². The zero-order valence-electron chi connectivity index (χ0n) is 10.5. The predicted molar refractivity (Wildman–Crippen MR) is 76.7 cm³/mol. The highest BCUT2D eigenvalue weighted by molar-refractivity contribution is 9.10. The molecule has 2 aromatic rings. The lowest BCUT2D eigenvalue weighted by Gasteiger charge is -2.08. The summed E-state index contributed by atoms with van der Waals surface area (Å²) in [6, 6.07) is 5.07. The number of aryl methyl sites for hydroxylation is 1.